The lowest BCUT2D eigenvalue weighted by Gasteiger charge is -2.39. The van der Waals surface area contributed by atoms with E-state index < -0.39 is 0 Å². The van der Waals surface area contributed by atoms with Gasteiger partial charge < -0.3 is 10.6 Å². The summed E-state index contributed by atoms with van der Waals surface area (Å²) in [7, 11) is 0. The van der Waals surface area contributed by atoms with E-state index in [1.165, 1.54) is 11.3 Å². The average Bonchev–Trinajstić information content (AvgIpc) is 2.56. The first-order valence-electron chi connectivity index (χ1n) is 7.63. The van der Waals surface area contributed by atoms with Gasteiger partial charge in [-0.2, -0.15) is 0 Å². The van der Waals surface area contributed by atoms with Gasteiger partial charge in [-0.15, -0.1) is 0 Å². The summed E-state index contributed by atoms with van der Waals surface area (Å²) in [4.78, 5) is 5.00. The summed E-state index contributed by atoms with van der Waals surface area (Å²) in [6.07, 6.45) is 0. The molecule has 110 valence electrons. The molecule has 1 heterocycles. The summed E-state index contributed by atoms with van der Waals surface area (Å²) < 4.78 is 0. The minimum atomic E-state index is 0.486. The van der Waals surface area contributed by atoms with Crippen LogP contribution < -0.4 is 10.6 Å². The monoisotopic (exact) mass is 281 g/mol. The molecular formula is C18H23N3. The number of anilines is 2. The average molecular weight is 281 g/mol. The van der Waals surface area contributed by atoms with Crippen LogP contribution >= 0.6 is 0 Å². The molecular weight excluding hydrogens is 258 g/mol. The summed E-state index contributed by atoms with van der Waals surface area (Å²) in [5.74, 6) is 0. The molecule has 1 saturated heterocycles. The van der Waals surface area contributed by atoms with E-state index in [1.54, 1.807) is 0 Å². The smallest absolute Gasteiger partial charge is 0.0368 e. The van der Waals surface area contributed by atoms with E-state index in [-0.39, 0.29) is 0 Å². The van der Waals surface area contributed by atoms with Crippen molar-refractivity contribution < 1.29 is 0 Å². The Morgan fingerprint density at radius 2 is 1.48 bits per heavy atom. The first-order chi connectivity index (χ1) is 10.2. The van der Waals surface area contributed by atoms with Crippen molar-refractivity contribution in [2.45, 2.75) is 13.0 Å². The quantitative estimate of drug-likeness (QED) is 0.877. The second-order valence-corrected chi connectivity index (χ2v) is 5.70. The fraction of sp³-hybridized carbons (Fsp3) is 0.333. The van der Waals surface area contributed by atoms with Gasteiger partial charge in [0.2, 0.25) is 0 Å². The van der Waals surface area contributed by atoms with E-state index in [0.717, 1.165) is 31.9 Å². The lowest BCUT2D eigenvalue weighted by atomic mass is 10.1. The molecule has 2 aromatic rings. The molecule has 1 fully saturated rings. The van der Waals surface area contributed by atoms with Gasteiger partial charge in [0.15, 0.2) is 0 Å². The zero-order chi connectivity index (χ0) is 14.7. The number of piperazine rings is 1. The largest absolute Gasteiger partial charge is 0.399 e. The summed E-state index contributed by atoms with van der Waals surface area (Å²) >= 11 is 0. The Labute approximate surface area is 127 Å². The predicted molar refractivity (Wildman–Crippen MR) is 89.5 cm³/mol. The van der Waals surface area contributed by atoms with Crippen molar-refractivity contribution in [1.29, 1.82) is 0 Å². The second-order valence-electron chi connectivity index (χ2n) is 5.70. The van der Waals surface area contributed by atoms with Gasteiger partial charge in [0, 0.05) is 43.6 Å². The maximum absolute atomic E-state index is 5.76. The number of hydrogen-bond donors (Lipinski definition) is 1. The summed E-state index contributed by atoms with van der Waals surface area (Å²) in [6.45, 7) is 6.64. The van der Waals surface area contributed by atoms with Crippen LogP contribution in [0.5, 0.6) is 0 Å². The fourth-order valence-corrected chi connectivity index (χ4v) is 2.99. The van der Waals surface area contributed by atoms with Crippen LogP contribution in [0.1, 0.15) is 18.5 Å². The fourth-order valence-electron chi connectivity index (χ4n) is 2.99. The molecule has 1 atom stereocenters. The molecule has 2 N–H and O–H groups in total. The lowest BCUT2D eigenvalue weighted by molar-refractivity contribution is 0.198. The van der Waals surface area contributed by atoms with Crippen molar-refractivity contribution in [3.8, 4) is 0 Å². The molecule has 0 bridgehead atoms. The normalized spacial score (nSPS) is 17.7. The lowest BCUT2D eigenvalue weighted by Crippen LogP contribution is -2.47. The molecule has 21 heavy (non-hydrogen) atoms. The molecule has 2 aromatic carbocycles. The SMILES string of the molecule is CC(c1ccccc1)N1CCN(c2ccc(N)cc2)CC1. The van der Waals surface area contributed by atoms with Gasteiger partial charge in [-0.05, 0) is 36.8 Å². The number of benzene rings is 2. The third kappa shape index (κ3) is 3.19. The number of hydrogen-bond acceptors (Lipinski definition) is 3. The summed E-state index contributed by atoms with van der Waals surface area (Å²) in [5.41, 5.74) is 9.26. The molecule has 1 unspecified atom stereocenters. The third-order valence-electron chi connectivity index (χ3n) is 4.40. The molecule has 0 spiro atoms. The first kappa shape index (κ1) is 14.0. The van der Waals surface area contributed by atoms with Gasteiger partial charge in [-0.25, -0.2) is 0 Å². The Bertz CT molecular complexity index is 557. The van der Waals surface area contributed by atoms with Crippen molar-refractivity contribution in [2.75, 3.05) is 36.8 Å². The molecule has 3 nitrogen and oxygen atoms in total. The Hall–Kier alpha value is -2.00. The number of nitrogen functional groups attached to an aromatic ring is 1. The molecule has 0 amide bonds. The van der Waals surface area contributed by atoms with Gasteiger partial charge in [-0.1, -0.05) is 30.3 Å². The van der Waals surface area contributed by atoms with Gasteiger partial charge in [-0.3, -0.25) is 4.90 Å². The molecule has 3 heteroatoms. The Morgan fingerprint density at radius 1 is 0.857 bits per heavy atom. The topological polar surface area (TPSA) is 32.5 Å². The van der Waals surface area contributed by atoms with Crippen molar-refractivity contribution >= 4 is 11.4 Å². The molecule has 0 radical (unpaired) electrons. The minimum absolute atomic E-state index is 0.486. The highest BCUT2D eigenvalue weighted by molar-refractivity contribution is 5.53. The van der Waals surface area contributed by atoms with E-state index in [9.17, 15) is 0 Å². The van der Waals surface area contributed by atoms with Crippen LogP contribution in [-0.2, 0) is 0 Å². The van der Waals surface area contributed by atoms with Crippen molar-refractivity contribution in [3.05, 3.63) is 60.2 Å². The van der Waals surface area contributed by atoms with E-state index in [2.05, 4.69) is 59.2 Å². The van der Waals surface area contributed by atoms with Crippen LogP contribution in [0.3, 0.4) is 0 Å². The molecule has 0 aromatic heterocycles. The molecule has 1 aliphatic rings. The van der Waals surface area contributed by atoms with Gasteiger partial charge >= 0.3 is 0 Å². The number of rotatable bonds is 3. The maximum atomic E-state index is 5.76. The van der Waals surface area contributed by atoms with Crippen LogP contribution in [-0.4, -0.2) is 31.1 Å². The van der Waals surface area contributed by atoms with Crippen LogP contribution in [0.25, 0.3) is 0 Å². The van der Waals surface area contributed by atoms with Crippen molar-refractivity contribution in [3.63, 3.8) is 0 Å². The van der Waals surface area contributed by atoms with Crippen LogP contribution in [0.15, 0.2) is 54.6 Å². The van der Waals surface area contributed by atoms with E-state index >= 15 is 0 Å². The van der Waals surface area contributed by atoms with Crippen molar-refractivity contribution in [1.82, 2.24) is 4.90 Å². The first-order valence-corrected chi connectivity index (χ1v) is 7.63. The predicted octanol–water partition coefficient (Wildman–Crippen LogP) is 3.15. The highest BCUT2D eigenvalue weighted by atomic mass is 15.3. The van der Waals surface area contributed by atoms with E-state index in [0.29, 0.717) is 6.04 Å². The summed E-state index contributed by atoms with van der Waals surface area (Å²) in [5, 5.41) is 0. The minimum Gasteiger partial charge on any atom is -0.399 e. The van der Waals surface area contributed by atoms with Crippen molar-refractivity contribution in [2.24, 2.45) is 0 Å². The standard InChI is InChI=1S/C18H23N3/c1-15(16-5-3-2-4-6-16)20-11-13-21(14-12-20)18-9-7-17(19)8-10-18/h2-10,15H,11-14,19H2,1H3. The van der Waals surface area contributed by atoms with Crippen LogP contribution in [0.2, 0.25) is 0 Å². The Kier molecular flexibility index (Phi) is 4.11. The zero-order valence-corrected chi connectivity index (χ0v) is 12.6. The Balaban J connectivity index is 1.61. The van der Waals surface area contributed by atoms with Crippen LogP contribution in [0.4, 0.5) is 11.4 Å². The van der Waals surface area contributed by atoms with Gasteiger partial charge in [0.1, 0.15) is 0 Å². The highest BCUT2D eigenvalue weighted by Gasteiger charge is 2.21. The van der Waals surface area contributed by atoms with Gasteiger partial charge in [0.25, 0.3) is 0 Å². The molecule has 0 saturated carbocycles. The number of nitrogens with zero attached hydrogens (tertiary/aromatic N) is 2. The van der Waals surface area contributed by atoms with Gasteiger partial charge in [0.05, 0.1) is 0 Å². The molecule has 1 aliphatic heterocycles. The van der Waals surface area contributed by atoms with E-state index in [4.69, 9.17) is 5.73 Å². The van der Waals surface area contributed by atoms with E-state index in [1.807, 2.05) is 12.1 Å². The Morgan fingerprint density at radius 3 is 2.10 bits per heavy atom. The second kappa shape index (κ2) is 6.19. The molecule has 3 rings (SSSR count). The third-order valence-corrected chi connectivity index (χ3v) is 4.40. The molecule has 0 aliphatic carbocycles. The zero-order valence-electron chi connectivity index (χ0n) is 12.6. The highest BCUT2D eigenvalue weighted by Crippen LogP contribution is 2.24. The summed E-state index contributed by atoms with van der Waals surface area (Å²) in [6, 6.07) is 19.4. The maximum Gasteiger partial charge on any atom is 0.0368 e. The number of nitrogens with two attached hydrogens (primary N) is 1. The van der Waals surface area contributed by atoms with Crippen LogP contribution in [0, 0.1) is 0 Å².